The molecule has 3 aromatic carbocycles. The second-order valence-corrected chi connectivity index (χ2v) is 6.75. The van der Waals surface area contributed by atoms with Crippen molar-refractivity contribution in [2.75, 3.05) is 23.5 Å². The molecule has 1 amide bonds. The molecule has 4 aromatic rings. The number of anilines is 3. The molecule has 7 heteroatoms. The number of hydrogen-bond acceptors (Lipinski definition) is 5. The van der Waals surface area contributed by atoms with Crippen molar-refractivity contribution in [3.63, 3.8) is 0 Å². The van der Waals surface area contributed by atoms with Crippen LogP contribution < -0.4 is 21.1 Å². The van der Waals surface area contributed by atoms with Gasteiger partial charge < -0.3 is 25.5 Å². The zero-order valence-corrected chi connectivity index (χ0v) is 16.2. The Bertz CT molecular complexity index is 1200. The summed E-state index contributed by atoms with van der Waals surface area (Å²) in [6.45, 7) is 0.638. The summed E-state index contributed by atoms with van der Waals surface area (Å²) in [5, 5.41) is 6.69. The molecule has 0 spiro atoms. The Hall–Kier alpha value is -4.00. The van der Waals surface area contributed by atoms with Gasteiger partial charge >= 0.3 is 0 Å². The SMILES string of the molecule is COc1ccc(CNc2ccc3oc(C(=O)Nc4cc(F)ccc4N)cc3c2)cc1. The molecular formula is C23H20FN3O3. The first-order valence-corrected chi connectivity index (χ1v) is 9.28. The fourth-order valence-electron chi connectivity index (χ4n) is 3.03. The maximum absolute atomic E-state index is 13.4. The number of carbonyl (C=O) groups is 1. The van der Waals surface area contributed by atoms with E-state index in [1.807, 2.05) is 36.4 Å². The number of carbonyl (C=O) groups excluding carboxylic acids is 1. The summed E-state index contributed by atoms with van der Waals surface area (Å²) < 4.78 is 24.2. The number of rotatable bonds is 6. The fourth-order valence-corrected chi connectivity index (χ4v) is 3.03. The highest BCUT2D eigenvalue weighted by molar-refractivity contribution is 6.06. The summed E-state index contributed by atoms with van der Waals surface area (Å²) in [6.07, 6.45) is 0. The van der Waals surface area contributed by atoms with Crippen molar-refractivity contribution in [3.05, 3.63) is 83.9 Å². The van der Waals surface area contributed by atoms with E-state index in [1.165, 1.54) is 12.1 Å². The first kappa shape index (κ1) is 19.3. The number of amides is 1. The molecule has 0 fully saturated rings. The summed E-state index contributed by atoms with van der Waals surface area (Å²) in [7, 11) is 1.63. The normalized spacial score (nSPS) is 10.7. The Morgan fingerprint density at radius 2 is 1.87 bits per heavy atom. The van der Waals surface area contributed by atoms with E-state index < -0.39 is 11.7 Å². The Morgan fingerprint density at radius 3 is 2.63 bits per heavy atom. The molecule has 0 saturated heterocycles. The van der Waals surface area contributed by atoms with Gasteiger partial charge in [0.2, 0.25) is 0 Å². The van der Waals surface area contributed by atoms with E-state index in [1.54, 1.807) is 19.2 Å². The van der Waals surface area contributed by atoms with Crippen molar-refractivity contribution >= 4 is 33.9 Å². The van der Waals surface area contributed by atoms with Gasteiger partial charge in [-0.1, -0.05) is 12.1 Å². The van der Waals surface area contributed by atoms with Gasteiger partial charge in [-0.15, -0.1) is 0 Å². The quantitative estimate of drug-likeness (QED) is 0.392. The van der Waals surface area contributed by atoms with Crippen LogP contribution in [0.15, 0.2) is 71.1 Å². The van der Waals surface area contributed by atoms with Gasteiger partial charge in [-0.2, -0.15) is 0 Å². The molecule has 4 N–H and O–H groups in total. The number of nitrogens with one attached hydrogen (secondary N) is 2. The number of nitrogens with two attached hydrogens (primary N) is 1. The molecule has 0 radical (unpaired) electrons. The first-order chi connectivity index (χ1) is 14.5. The minimum absolute atomic E-state index is 0.112. The van der Waals surface area contributed by atoms with Crippen molar-refractivity contribution < 1.29 is 18.3 Å². The topological polar surface area (TPSA) is 89.5 Å². The summed E-state index contributed by atoms with van der Waals surface area (Å²) in [5.41, 5.74) is 8.82. The predicted molar refractivity (Wildman–Crippen MR) is 115 cm³/mol. The smallest absolute Gasteiger partial charge is 0.291 e. The maximum Gasteiger partial charge on any atom is 0.291 e. The lowest BCUT2D eigenvalue weighted by molar-refractivity contribution is 0.0998. The summed E-state index contributed by atoms with van der Waals surface area (Å²) >= 11 is 0. The lowest BCUT2D eigenvalue weighted by Gasteiger charge is -2.07. The Labute approximate surface area is 172 Å². The van der Waals surface area contributed by atoms with E-state index in [0.717, 1.165) is 28.5 Å². The number of fused-ring (bicyclic) bond motifs is 1. The van der Waals surface area contributed by atoms with Crippen molar-refractivity contribution in [1.29, 1.82) is 0 Å². The van der Waals surface area contributed by atoms with Crippen LogP contribution in [0, 0.1) is 5.82 Å². The van der Waals surface area contributed by atoms with Crippen LogP contribution in [-0.4, -0.2) is 13.0 Å². The molecule has 6 nitrogen and oxygen atoms in total. The third kappa shape index (κ3) is 4.20. The van der Waals surface area contributed by atoms with E-state index in [-0.39, 0.29) is 17.1 Å². The largest absolute Gasteiger partial charge is 0.497 e. The highest BCUT2D eigenvalue weighted by Crippen LogP contribution is 2.25. The van der Waals surface area contributed by atoms with Crippen LogP contribution in [0.5, 0.6) is 5.75 Å². The lowest BCUT2D eigenvalue weighted by atomic mass is 10.2. The molecular weight excluding hydrogens is 385 g/mol. The van der Waals surface area contributed by atoms with Crippen LogP contribution in [0.2, 0.25) is 0 Å². The van der Waals surface area contributed by atoms with E-state index >= 15 is 0 Å². The van der Waals surface area contributed by atoms with E-state index in [4.69, 9.17) is 14.9 Å². The molecule has 0 aliphatic rings. The third-order valence-corrected chi connectivity index (χ3v) is 4.66. The van der Waals surface area contributed by atoms with Gasteiger partial charge in [-0.3, -0.25) is 4.79 Å². The standard InChI is InChI=1S/C23H20FN3O3/c1-29-18-6-2-14(3-7-18)13-26-17-5-9-21-15(10-17)11-22(30-21)23(28)27-20-12-16(24)4-8-19(20)25/h2-12,26H,13,25H2,1H3,(H,27,28). The highest BCUT2D eigenvalue weighted by Gasteiger charge is 2.14. The zero-order valence-electron chi connectivity index (χ0n) is 16.2. The lowest BCUT2D eigenvalue weighted by Crippen LogP contribution is -2.12. The number of ether oxygens (including phenoxy) is 1. The highest BCUT2D eigenvalue weighted by atomic mass is 19.1. The second-order valence-electron chi connectivity index (χ2n) is 6.75. The molecule has 0 aliphatic heterocycles. The Kier molecular flexibility index (Phi) is 5.26. The van der Waals surface area contributed by atoms with Crippen LogP contribution >= 0.6 is 0 Å². The van der Waals surface area contributed by atoms with Crippen LogP contribution in [0.4, 0.5) is 21.5 Å². The van der Waals surface area contributed by atoms with Gasteiger partial charge in [0.05, 0.1) is 18.5 Å². The molecule has 30 heavy (non-hydrogen) atoms. The van der Waals surface area contributed by atoms with Crippen LogP contribution in [-0.2, 0) is 6.54 Å². The molecule has 0 saturated carbocycles. The summed E-state index contributed by atoms with van der Waals surface area (Å²) in [4.78, 5) is 12.5. The van der Waals surface area contributed by atoms with Crippen LogP contribution in [0.1, 0.15) is 16.1 Å². The molecule has 0 aliphatic carbocycles. The molecule has 0 bridgehead atoms. The van der Waals surface area contributed by atoms with Crippen LogP contribution in [0.25, 0.3) is 11.0 Å². The Balaban J connectivity index is 1.47. The molecule has 4 rings (SSSR count). The van der Waals surface area contributed by atoms with E-state index in [0.29, 0.717) is 12.1 Å². The molecule has 152 valence electrons. The summed E-state index contributed by atoms with van der Waals surface area (Å²) in [5.74, 6) is -0.0711. The number of halogens is 1. The van der Waals surface area contributed by atoms with Crippen molar-refractivity contribution in [3.8, 4) is 5.75 Å². The average Bonchev–Trinajstić information content (AvgIpc) is 3.19. The van der Waals surface area contributed by atoms with Gasteiger partial charge in [0.1, 0.15) is 17.1 Å². The first-order valence-electron chi connectivity index (χ1n) is 9.28. The molecule has 1 heterocycles. The molecule has 1 aromatic heterocycles. The predicted octanol–water partition coefficient (Wildman–Crippen LogP) is 5.03. The summed E-state index contributed by atoms with van der Waals surface area (Å²) in [6, 6.07) is 18.8. The van der Waals surface area contributed by atoms with Crippen molar-refractivity contribution in [2.24, 2.45) is 0 Å². The van der Waals surface area contributed by atoms with Gasteiger partial charge in [0.25, 0.3) is 5.91 Å². The maximum atomic E-state index is 13.4. The molecule has 0 unspecified atom stereocenters. The fraction of sp³-hybridized carbons (Fsp3) is 0.0870. The van der Waals surface area contributed by atoms with Gasteiger partial charge in [-0.25, -0.2) is 4.39 Å². The number of benzene rings is 3. The van der Waals surface area contributed by atoms with Crippen molar-refractivity contribution in [1.82, 2.24) is 0 Å². The van der Waals surface area contributed by atoms with Gasteiger partial charge in [0.15, 0.2) is 5.76 Å². The monoisotopic (exact) mass is 405 g/mol. The third-order valence-electron chi connectivity index (χ3n) is 4.66. The number of furan rings is 1. The van der Waals surface area contributed by atoms with E-state index in [9.17, 15) is 9.18 Å². The minimum Gasteiger partial charge on any atom is -0.497 e. The average molecular weight is 405 g/mol. The van der Waals surface area contributed by atoms with Gasteiger partial charge in [0, 0.05) is 17.6 Å². The number of methoxy groups -OCH3 is 1. The van der Waals surface area contributed by atoms with Gasteiger partial charge in [-0.05, 0) is 60.2 Å². The Morgan fingerprint density at radius 1 is 1.07 bits per heavy atom. The van der Waals surface area contributed by atoms with Crippen LogP contribution in [0.3, 0.4) is 0 Å². The second kappa shape index (κ2) is 8.16. The number of hydrogen-bond donors (Lipinski definition) is 3. The van der Waals surface area contributed by atoms with E-state index in [2.05, 4.69) is 10.6 Å². The minimum atomic E-state index is -0.503. The molecule has 0 atom stereocenters. The zero-order chi connectivity index (χ0) is 21.1. The van der Waals surface area contributed by atoms with Crippen molar-refractivity contribution in [2.45, 2.75) is 6.54 Å². The number of nitrogen functional groups attached to an aromatic ring is 1.